The van der Waals surface area contributed by atoms with Crippen LogP contribution in [0.4, 0.5) is 0 Å². The van der Waals surface area contributed by atoms with Crippen molar-refractivity contribution >= 4 is 4.97 Å². The van der Waals surface area contributed by atoms with Crippen molar-refractivity contribution in [2.45, 2.75) is 0 Å². The normalized spacial score (nSPS) is 9.42. The van der Waals surface area contributed by atoms with E-state index in [1.54, 1.807) is 12.3 Å². The molecule has 1 heterocycles. The van der Waals surface area contributed by atoms with Crippen LogP contribution in [0.15, 0.2) is 18.5 Å². The van der Waals surface area contributed by atoms with Gasteiger partial charge < -0.3 is 0 Å². The van der Waals surface area contributed by atoms with Crippen molar-refractivity contribution < 1.29 is 31.0 Å². The van der Waals surface area contributed by atoms with Crippen LogP contribution < -0.4 is 21.0 Å². The summed E-state index contributed by atoms with van der Waals surface area (Å²) in [6.45, 7) is 0. The quantitative estimate of drug-likeness (QED) is 0.428. The van der Waals surface area contributed by atoms with Gasteiger partial charge in [0.1, 0.15) is 0 Å². The molecule has 0 aliphatic heterocycles. The van der Waals surface area contributed by atoms with Gasteiger partial charge in [0.25, 0.3) is 0 Å². The molecule has 0 amide bonds. The van der Waals surface area contributed by atoms with Crippen LogP contribution in [-0.4, -0.2) is 20.0 Å². The van der Waals surface area contributed by atoms with Crippen molar-refractivity contribution in [2.24, 2.45) is 0 Å². The molecule has 0 saturated carbocycles. The molecule has 6 heteroatoms. The Bertz CT molecular complexity index is 313. The van der Waals surface area contributed by atoms with Gasteiger partial charge >= 0.3 is 79.9 Å². The number of hydrogen-bond donors (Lipinski definition) is 2. The summed E-state index contributed by atoms with van der Waals surface area (Å²) in [6, 6.07) is 3.56. The molecule has 0 fully saturated rings. The third-order valence-electron chi connectivity index (χ3n) is 1.06. The first kappa shape index (κ1) is 9.44. The Labute approximate surface area is 80.0 Å². The molecule has 0 aromatic carbocycles. The van der Waals surface area contributed by atoms with Crippen LogP contribution in [0.3, 0.4) is 0 Å². The molecule has 0 aliphatic carbocycles. The zero-order chi connectivity index (χ0) is 8.97. The van der Waals surface area contributed by atoms with Crippen molar-refractivity contribution in [1.29, 1.82) is 5.26 Å². The number of nitriles is 1. The van der Waals surface area contributed by atoms with Gasteiger partial charge in [-0.2, -0.15) is 0 Å². The predicted molar refractivity (Wildman–Crippen MR) is 37.8 cm³/mol. The molecular formula is C6H5BIN2O2-. The summed E-state index contributed by atoms with van der Waals surface area (Å²) in [4.78, 5) is 2.51. The molecule has 0 saturated heterocycles. The van der Waals surface area contributed by atoms with Gasteiger partial charge in [-0.05, 0) is 0 Å². The summed E-state index contributed by atoms with van der Waals surface area (Å²) in [5.74, 6) is 0. The van der Waals surface area contributed by atoms with Gasteiger partial charge in [0.15, 0.2) is 0 Å². The molecule has 0 spiro atoms. The van der Waals surface area contributed by atoms with E-state index in [2.05, 4.69) is 4.98 Å². The summed E-state index contributed by atoms with van der Waals surface area (Å²) in [5, 5.41) is 25.8. The molecule has 0 aliphatic rings. The van der Waals surface area contributed by atoms with Gasteiger partial charge in [-0.15, -0.1) is 0 Å². The Balaban J connectivity index is 2.81. The average molecular weight is 275 g/mol. The van der Waals surface area contributed by atoms with Gasteiger partial charge in [0.05, 0.1) is 0 Å². The molecule has 0 unspecified atom stereocenters. The van der Waals surface area contributed by atoms with E-state index >= 15 is 0 Å². The zero-order valence-corrected chi connectivity index (χ0v) is 8.13. The summed E-state index contributed by atoms with van der Waals surface area (Å²) in [5.41, 5.74) is 0.452. The van der Waals surface area contributed by atoms with E-state index in [0.29, 0.717) is 5.56 Å². The van der Waals surface area contributed by atoms with Crippen LogP contribution in [0.2, 0.25) is 0 Å². The van der Waals surface area contributed by atoms with Crippen molar-refractivity contribution in [3.63, 3.8) is 0 Å². The van der Waals surface area contributed by atoms with Crippen LogP contribution in [0.5, 0.6) is 0 Å². The van der Waals surface area contributed by atoms with Gasteiger partial charge in [-0.25, -0.2) is 0 Å². The molecule has 0 atom stereocenters. The van der Waals surface area contributed by atoms with Crippen LogP contribution in [0.25, 0.3) is 0 Å². The molecule has 0 bridgehead atoms. The monoisotopic (exact) mass is 275 g/mol. The minimum absolute atomic E-state index is 0.452. The predicted octanol–water partition coefficient (Wildman–Crippen LogP) is -3.82. The van der Waals surface area contributed by atoms with Crippen LogP contribution >= 0.6 is 0 Å². The van der Waals surface area contributed by atoms with E-state index in [4.69, 9.17) is 15.3 Å². The molecule has 1 rings (SSSR count). The van der Waals surface area contributed by atoms with Crippen LogP contribution in [-0.2, 0) is 0 Å². The van der Waals surface area contributed by atoms with E-state index in [0.717, 1.165) is 3.57 Å². The van der Waals surface area contributed by atoms with E-state index in [1.165, 1.54) is 6.20 Å². The maximum absolute atomic E-state index is 8.66. The number of halogens is 1. The first-order valence-electron chi connectivity index (χ1n) is 3.07. The van der Waals surface area contributed by atoms with Gasteiger partial charge in [0, 0.05) is 0 Å². The van der Waals surface area contributed by atoms with Crippen molar-refractivity contribution in [2.75, 3.05) is 0 Å². The number of pyridine rings is 1. The van der Waals surface area contributed by atoms with E-state index in [9.17, 15) is 0 Å². The maximum atomic E-state index is 8.66. The fourth-order valence-corrected chi connectivity index (χ4v) is 2.13. The Morgan fingerprint density at radius 1 is 1.50 bits per heavy atom. The molecule has 62 valence electrons. The Kier molecular flexibility index (Phi) is 3.46. The molecular weight excluding hydrogens is 270 g/mol. The number of hydrogen-bond acceptors (Lipinski definition) is 4. The van der Waals surface area contributed by atoms with Crippen LogP contribution in [0.1, 0.15) is 5.56 Å². The molecule has 1 aromatic rings. The van der Waals surface area contributed by atoms with E-state index in [1.807, 2.05) is 6.07 Å². The van der Waals surface area contributed by atoms with Crippen LogP contribution in [0, 0.1) is 14.9 Å². The Hall–Kier alpha value is -0.645. The second kappa shape index (κ2) is 4.40. The standard InChI is InChI=1S/C6H5BIN2O2/c9-2-5-1-6(4-10-3-5)8-7(11)12/h1,3-4,11-12H/q-1. The van der Waals surface area contributed by atoms with Crippen molar-refractivity contribution in [1.82, 2.24) is 4.98 Å². The Morgan fingerprint density at radius 2 is 2.25 bits per heavy atom. The number of nitrogens with zero attached hydrogens (tertiary/aromatic N) is 2. The van der Waals surface area contributed by atoms with Gasteiger partial charge in [-0.1, -0.05) is 0 Å². The third kappa shape index (κ3) is 2.77. The second-order valence-corrected chi connectivity index (χ2v) is 4.91. The van der Waals surface area contributed by atoms with Gasteiger partial charge in [0.2, 0.25) is 0 Å². The summed E-state index contributed by atoms with van der Waals surface area (Å²) < 4.78 is 0.753. The van der Waals surface area contributed by atoms with Crippen molar-refractivity contribution in [3.05, 3.63) is 27.6 Å². The first-order chi connectivity index (χ1) is 5.72. The second-order valence-electron chi connectivity index (χ2n) is 1.92. The first-order valence-corrected chi connectivity index (χ1v) is 5.39. The average Bonchev–Trinajstić information content (AvgIpc) is 2.03. The minimum atomic E-state index is -1.28. The Morgan fingerprint density at radius 3 is 2.83 bits per heavy atom. The molecule has 12 heavy (non-hydrogen) atoms. The molecule has 2 N–H and O–H groups in total. The number of aromatic nitrogens is 1. The van der Waals surface area contributed by atoms with Gasteiger partial charge in [-0.3, -0.25) is 0 Å². The summed E-state index contributed by atoms with van der Waals surface area (Å²) in [6.07, 6.45) is 2.99. The fourth-order valence-electron chi connectivity index (χ4n) is 0.645. The van der Waals surface area contributed by atoms with E-state index in [-0.39, 0.29) is 0 Å². The summed E-state index contributed by atoms with van der Waals surface area (Å²) >= 11 is -0.858. The topological polar surface area (TPSA) is 77.1 Å². The SMILES string of the molecule is N#Cc1cncc([I-]B(O)O)c1. The number of rotatable bonds is 2. The molecule has 0 radical (unpaired) electrons. The summed E-state index contributed by atoms with van der Waals surface area (Å²) in [7, 11) is 0. The molecule has 4 nitrogen and oxygen atoms in total. The zero-order valence-electron chi connectivity index (χ0n) is 5.98. The third-order valence-corrected chi connectivity index (χ3v) is 2.92. The van der Waals surface area contributed by atoms with E-state index < -0.39 is 26.0 Å². The molecule has 1 aromatic heterocycles. The van der Waals surface area contributed by atoms with Crippen molar-refractivity contribution in [3.8, 4) is 6.07 Å². The fraction of sp³-hybridized carbons (Fsp3) is 0.